The maximum atomic E-state index is 6.88. The lowest BCUT2D eigenvalue weighted by Gasteiger charge is -2.66. The van der Waals surface area contributed by atoms with Crippen molar-refractivity contribution in [3.8, 4) is 56.8 Å². The number of ether oxygens (including phenoxy) is 1. The van der Waals surface area contributed by atoms with E-state index in [1.54, 1.807) is 0 Å². The molecule has 2 heterocycles. The van der Waals surface area contributed by atoms with E-state index in [1.807, 2.05) is 0 Å². The van der Waals surface area contributed by atoms with Crippen molar-refractivity contribution in [3.63, 3.8) is 0 Å². The van der Waals surface area contributed by atoms with Gasteiger partial charge in [-0.05, 0) is 117 Å². The molecule has 5 aliphatic carbocycles. The van der Waals surface area contributed by atoms with Crippen LogP contribution in [0.3, 0.4) is 0 Å². The molecule has 6 aliphatic rings. The van der Waals surface area contributed by atoms with Crippen molar-refractivity contribution in [1.82, 2.24) is 15.0 Å². The number of para-hydroxylation sites is 1. The van der Waals surface area contributed by atoms with Gasteiger partial charge in [0.15, 0.2) is 17.5 Å². The lowest BCUT2D eigenvalue weighted by molar-refractivity contribution is -0.175. The summed E-state index contributed by atoms with van der Waals surface area (Å²) in [6, 6.07) is 57.1. The van der Waals surface area contributed by atoms with Crippen LogP contribution in [0.5, 0.6) is 11.5 Å². The fourth-order valence-corrected chi connectivity index (χ4v) is 13.5. The van der Waals surface area contributed by atoms with Gasteiger partial charge in [0.25, 0.3) is 0 Å². The van der Waals surface area contributed by atoms with E-state index in [4.69, 9.17) is 19.7 Å². The van der Waals surface area contributed by atoms with E-state index >= 15 is 0 Å². The van der Waals surface area contributed by atoms with Crippen LogP contribution in [0.15, 0.2) is 158 Å². The zero-order valence-corrected chi connectivity index (χ0v) is 32.0. The second kappa shape index (κ2) is 11.0. The molecule has 0 radical (unpaired) electrons. The van der Waals surface area contributed by atoms with Crippen molar-refractivity contribution in [2.75, 3.05) is 0 Å². The Morgan fingerprint density at radius 2 is 1.00 bits per heavy atom. The first kappa shape index (κ1) is 31.7. The number of hydrogen-bond donors (Lipinski definition) is 0. The molecule has 2 spiro atoms. The Morgan fingerprint density at radius 3 is 1.69 bits per heavy atom. The van der Waals surface area contributed by atoms with Crippen molar-refractivity contribution in [2.45, 2.75) is 42.9 Å². The minimum absolute atomic E-state index is 0.360. The summed E-state index contributed by atoms with van der Waals surface area (Å²) >= 11 is 0. The van der Waals surface area contributed by atoms with Crippen molar-refractivity contribution in [3.05, 3.63) is 186 Å². The average Bonchev–Trinajstić information content (AvgIpc) is 3.88. The summed E-state index contributed by atoms with van der Waals surface area (Å²) in [5.74, 6) is 6.61. The van der Waals surface area contributed by atoms with Gasteiger partial charge in [-0.3, -0.25) is 0 Å². The molecule has 2 bridgehead atoms. The highest BCUT2D eigenvalue weighted by Gasteiger charge is 2.77. The average molecular weight is 746 g/mol. The van der Waals surface area contributed by atoms with Crippen molar-refractivity contribution < 1.29 is 4.74 Å². The Bertz CT molecular complexity index is 3010. The van der Waals surface area contributed by atoms with Crippen LogP contribution in [0.25, 0.3) is 56.1 Å². The highest BCUT2D eigenvalue weighted by atomic mass is 16.5. The smallest absolute Gasteiger partial charge is 0.164 e. The third-order valence-electron chi connectivity index (χ3n) is 15.8. The van der Waals surface area contributed by atoms with Crippen molar-refractivity contribution >= 4 is 10.8 Å². The van der Waals surface area contributed by atoms with Gasteiger partial charge in [-0.2, -0.15) is 0 Å². The molecule has 4 heteroatoms. The number of hydrogen-bond acceptors (Lipinski definition) is 4. The van der Waals surface area contributed by atoms with Gasteiger partial charge in [0.1, 0.15) is 11.5 Å². The van der Waals surface area contributed by atoms with Crippen LogP contribution < -0.4 is 4.74 Å². The zero-order valence-electron chi connectivity index (χ0n) is 32.0. The fraction of sp³-hybridized carbons (Fsp3) is 0.204. The van der Waals surface area contributed by atoms with E-state index in [0.29, 0.717) is 28.3 Å². The predicted octanol–water partition coefficient (Wildman–Crippen LogP) is 12.6. The third kappa shape index (κ3) is 3.89. The summed E-state index contributed by atoms with van der Waals surface area (Å²) in [6.45, 7) is 0. The molecule has 58 heavy (non-hydrogen) atoms. The van der Waals surface area contributed by atoms with Crippen LogP contribution in [0.2, 0.25) is 0 Å². The highest BCUT2D eigenvalue weighted by Crippen LogP contribution is 2.84. The van der Waals surface area contributed by atoms with Gasteiger partial charge in [0.2, 0.25) is 0 Å². The van der Waals surface area contributed by atoms with E-state index in [2.05, 4.69) is 158 Å². The molecular formula is C54H39N3O. The molecule has 276 valence electrons. The fourth-order valence-electron chi connectivity index (χ4n) is 13.5. The molecule has 1 aliphatic heterocycles. The maximum Gasteiger partial charge on any atom is 0.164 e. The molecule has 0 saturated heterocycles. The molecule has 14 rings (SSSR count). The van der Waals surface area contributed by atoms with Gasteiger partial charge in [-0.15, -0.1) is 0 Å². The molecule has 8 aromatic rings. The molecule has 4 fully saturated rings. The Kier molecular flexibility index (Phi) is 5.98. The van der Waals surface area contributed by atoms with Crippen LogP contribution in [0, 0.1) is 23.2 Å². The third-order valence-corrected chi connectivity index (χ3v) is 15.8. The van der Waals surface area contributed by atoms with Crippen LogP contribution in [-0.4, -0.2) is 15.0 Å². The van der Waals surface area contributed by atoms with Crippen molar-refractivity contribution in [2.24, 2.45) is 23.2 Å². The van der Waals surface area contributed by atoms with Crippen molar-refractivity contribution in [1.29, 1.82) is 0 Å². The topological polar surface area (TPSA) is 47.9 Å². The van der Waals surface area contributed by atoms with E-state index < -0.39 is 5.41 Å². The first-order valence-corrected chi connectivity index (χ1v) is 21.1. The molecule has 1 aromatic heterocycles. The highest BCUT2D eigenvalue weighted by molar-refractivity contribution is 5.89. The van der Waals surface area contributed by atoms with Gasteiger partial charge >= 0.3 is 0 Å². The van der Waals surface area contributed by atoms with Crippen LogP contribution in [0.4, 0.5) is 0 Å². The van der Waals surface area contributed by atoms with Gasteiger partial charge in [-0.1, -0.05) is 140 Å². The monoisotopic (exact) mass is 745 g/mol. The lowest BCUT2D eigenvalue weighted by Crippen LogP contribution is -2.59. The van der Waals surface area contributed by atoms with Gasteiger partial charge in [-0.25, -0.2) is 15.0 Å². The second-order valence-corrected chi connectivity index (χ2v) is 18.1. The summed E-state index contributed by atoms with van der Waals surface area (Å²) in [7, 11) is 0. The van der Waals surface area contributed by atoms with Crippen LogP contribution in [-0.2, 0) is 10.8 Å². The second-order valence-electron chi connectivity index (χ2n) is 18.1. The standard InChI is InChI=1S/C54H39N3O/c1-2-10-34-25-35(18-17-32(34)9-1)50-55-49(33-19-22-37(23-20-33)52-29-39-27-38-28-40(30-52)53(38,39)31-52)56-51(57-50)36-21-24-46-48(26-36)58-47-16-8-7-15-45(47)54(46)43-13-5-3-11-41(43)42-12-4-6-14-44(42)54/h1-26,38-40H,27-31H2/t38?,39-,40+,52?,53?. The Morgan fingerprint density at radius 1 is 0.448 bits per heavy atom. The summed E-state index contributed by atoms with van der Waals surface area (Å²) in [4.78, 5) is 15.7. The number of nitrogens with zero attached hydrogens (tertiary/aromatic N) is 3. The Hall–Kier alpha value is -6.39. The lowest BCUT2D eigenvalue weighted by atomic mass is 9.38. The Balaban J connectivity index is 0.925. The molecule has 3 unspecified atom stereocenters. The molecular weight excluding hydrogens is 707 g/mol. The van der Waals surface area contributed by atoms with E-state index in [9.17, 15) is 0 Å². The minimum atomic E-state index is -0.518. The van der Waals surface area contributed by atoms with E-state index in [-0.39, 0.29) is 0 Å². The Labute approximate surface area is 337 Å². The summed E-state index contributed by atoms with van der Waals surface area (Å²) in [6.07, 6.45) is 7.12. The van der Waals surface area contributed by atoms with E-state index in [0.717, 1.165) is 62.5 Å². The number of rotatable bonds is 4. The zero-order chi connectivity index (χ0) is 37.8. The minimum Gasteiger partial charge on any atom is -0.457 e. The predicted molar refractivity (Wildman–Crippen MR) is 229 cm³/mol. The van der Waals surface area contributed by atoms with Crippen LogP contribution in [0.1, 0.15) is 59.9 Å². The van der Waals surface area contributed by atoms with Gasteiger partial charge < -0.3 is 4.74 Å². The summed E-state index contributed by atoms with van der Waals surface area (Å²) < 4.78 is 6.88. The van der Waals surface area contributed by atoms with Gasteiger partial charge in [0, 0.05) is 27.8 Å². The summed E-state index contributed by atoms with van der Waals surface area (Å²) in [5.41, 5.74) is 12.3. The normalized spacial score (nSPS) is 25.5. The van der Waals surface area contributed by atoms with Gasteiger partial charge in [0.05, 0.1) is 5.41 Å². The molecule has 5 atom stereocenters. The summed E-state index contributed by atoms with van der Waals surface area (Å²) in [5, 5.41) is 2.35. The largest absolute Gasteiger partial charge is 0.457 e. The first-order valence-electron chi connectivity index (χ1n) is 21.1. The molecule has 4 saturated carbocycles. The molecule has 0 N–H and O–H groups in total. The molecule has 4 nitrogen and oxygen atoms in total. The first-order chi connectivity index (χ1) is 28.6. The molecule has 0 amide bonds. The van der Waals surface area contributed by atoms with Crippen LogP contribution >= 0.6 is 0 Å². The van der Waals surface area contributed by atoms with E-state index in [1.165, 1.54) is 65.3 Å². The molecule has 7 aromatic carbocycles. The maximum absolute atomic E-state index is 6.88. The number of fused-ring (bicyclic) bond motifs is 11. The number of aromatic nitrogens is 3. The quantitative estimate of drug-likeness (QED) is 0.180. The SMILES string of the molecule is c1ccc2c(c1)Oc1cc(-c3nc(-c4ccc(C56C[C@H]7CC8C[C@@H](C5)C87C6)cc4)nc(-c4ccc5ccccc5c4)n3)ccc1C21c2ccccc2-c2ccccc21. The number of benzene rings is 7.